The SMILES string of the molecule is O=C(O)c1ccc(NC(=O)C(Cl)(Cl)Cl)cc1Cl. The molecule has 1 amide bonds. The Labute approximate surface area is 116 Å². The lowest BCUT2D eigenvalue weighted by Crippen LogP contribution is -2.26. The largest absolute Gasteiger partial charge is 0.478 e. The number of benzene rings is 1. The first-order valence-corrected chi connectivity index (χ1v) is 5.64. The summed E-state index contributed by atoms with van der Waals surface area (Å²) < 4.78 is -2.10. The molecule has 0 saturated carbocycles. The molecule has 0 aliphatic rings. The van der Waals surface area contributed by atoms with Crippen LogP contribution in [-0.4, -0.2) is 20.8 Å². The van der Waals surface area contributed by atoms with Crippen LogP contribution in [0.25, 0.3) is 0 Å². The first kappa shape index (κ1) is 14.4. The van der Waals surface area contributed by atoms with Gasteiger partial charge in [0, 0.05) is 5.69 Å². The van der Waals surface area contributed by atoms with E-state index < -0.39 is 15.7 Å². The van der Waals surface area contributed by atoms with Gasteiger partial charge in [-0.1, -0.05) is 46.4 Å². The number of halogens is 4. The van der Waals surface area contributed by atoms with E-state index in [0.717, 1.165) is 0 Å². The summed E-state index contributed by atoms with van der Waals surface area (Å²) in [7, 11) is 0. The van der Waals surface area contributed by atoms with Crippen LogP contribution < -0.4 is 5.32 Å². The van der Waals surface area contributed by atoms with Gasteiger partial charge in [0.05, 0.1) is 10.6 Å². The van der Waals surface area contributed by atoms with Crippen molar-refractivity contribution in [2.75, 3.05) is 5.32 Å². The van der Waals surface area contributed by atoms with Gasteiger partial charge in [-0.25, -0.2) is 4.79 Å². The molecule has 0 unspecified atom stereocenters. The zero-order chi connectivity index (χ0) is 13.2. The summed E-state index contributed by atoms with van der Waals surface area (Å²) in [6.07, 6.45) is 0. The number of carboxylic acids is 1. The van der Waals surface area contributed by atoms with Gasteiger partial charge in [-0.3, -0.25) is 4.79 Å². The van der Waals surface area contributed by atoms with Gasteiger partial charge in [0.15, 0.2) is 0 Å². The third kappa shape index (κ3) is 3.92. The third-order valence-corrected chi connectivity index (χ3v) is 2.54. The molecule has 92 valence electrons. The standard InChI is InChI=1S/C9H5Cl4NO3/c10-6-3-4(1-2-5(6)7(15)16)14-8(17)9(11,12)13/h1-3H,(H,14,17)(H,15,16). The van der Waals surface area contributed by atoms with Crippen LogP contribution in [0.1, 0.15) is 10.4 Å². The Kier molecular flexibility index (Phi) is 4.49. The average Bonchev–Trinajstić information content (AvgIpc) is 2.15. The molecule has 0 bridgehead atoms. The second-order valence-corrected chi connectivity index (χ2v) is 5.64. The van der Waals surface area contributed by atoms with E-state index >= 15 is 0 Å². The number of hydrogen-bond acceptors (Lipinski definition) is 2. The highest BCUT2D eigenvalue weighted by Gasteiger charge is 2.30. The van der Waals surface area contributed by atoms with Crippen LogP contribution in [0.4, 0.5) is 5.69 Å². The summed E-state index contributed by atoms with van der Waals surface area (Å²) in [6, 6.07) is 3.82. The molecule has 0 aliphatic heterocycles. The van der Waals surface area contributed by atoms with E-state index in [2.05, 4.69) is 5.32 Å². The first-order chi connectivity index (χ1) is 7.71. The number of rotatable bonds is 2. The van der Waals surface area contributed by atoms with Gasteiger partial charge in [-0.2, -0.15) is 0 Å². The molecule has 1 rings (SSSR count). The van der Waals surface area contributed by atoms with Gasteiger partial charge in [-0.05, 0) is 18.2 Å². The third-order valence-electron chi connectivity index (χ3n) is 1.71. The van der Waals surface area contributed by atoms with E-state index in [1.807, 2.05) is 0 Å². The lowest BCUT2D eigenvalue weighted by molar-refractivity contribution is -0.115. The fraction of sp³-hybridized carbons (Fsp3) is 0.111. The van der Waals surface area contributed by atoms with Crippen molar-refractivity contribution in [3.63, 3.8) is 0 Å². The van der Waals surface area contributed by atoms with Crippen LogP contribution in [0.2, 0.25) is 5.02 Å². The summed E-state index contributed by atoms with van der Waals surface area (Å²) >= 11 is 21.7. The van der Waals surface area contributed by atoms with Crippen LogP contribution in [0, 0.1) is 0 Å². The highest BCUT2D eigenvalue weighted by molar-refractivity contribution is 6.76. The molecule has 0 radical (unpaired) electrons. The number of carbonyl (C=O) groups excluding carboxylic acids is 1. The number of carboxylic acid groups (broad SMARTS) is 1. The van der Waals surface area contributed by atoms with Crippen LogP contribution in [0.5, 0.6) is 0 Å². The molecule has 8 heteroatoms. The van der Waals surface area contributed by atoms with Crippen molar-refractivity contribution in [3.05, 3.63) is 28.8 Å². The Morgan fingerprint density at radius 1 is 1.24 bits per heavy atom. The Morgan fingerprint density at radius 3 is 2.24 bits per heavy atom. The maximum atomic E-state index is 11.3. The van der Waals surface area contributed by atoms with E-state index in [1.165, 1.54) is 18.2 Å². The highest BCUT2D eigenvalue weighted by Crippen LogP contribution is 2.28. The van der Waals surface area contributed by atoms with Crippen molar-refractivity contribution < 1.29 is 14.7 Å². The Bertz CT molecular complexity index is 470. The number of carbonyl (C=O) groups is 2. The maximum Gasteiger partial charge on any atom is 0.337 e. The molecule has 0 saturated heterocycles. The zero-order valence-corrected chi connectivity index (χ0v) is 11.0. The Balaban J connectivity index is 2.92. The fourth-order valence-electron chi connectivity index (χ4n) is 0.968. The number of alkyl halides is 3. The van der Waals surface area contributed by atoms with Gasteiger partial charge >= 0.3 is 5.97 Å². The molecular weight excluding hydrogens is 312 g/mol. The number of amides is 1. The smallest absolute Gasteiger partial charge is 0.337 e. The Morgan fingerprint density at radius 2 is 1.82 bits per heavy atom. The van der Waals surface area contributed by atoms with Crippen molar-refractivity contribution in [2.24, 2.45) is 0 Å². The summed E-state index contributed by atoms with van der Waals surface area (Å²) in [5, 5.41) is 11.0. The quantitative estimate of drug-likeness (QED) is 0.822. The van der Waals surface area contributed by atoms with Crippen molar-refractivity contribution >= 4 is 64.0 Å². The second kappa shape index (κ2) is 5.31. The van der Waals surface area contributed by atoms with Gasteiger partial charge in [0.1, 0.15) is 0 Å². The lowest BCUT2D eigenvalue weighted by Gasteiger charge is -2.11. The highest BCUT2D eigenvalue weighted by atomic mass is 35.6. The number of anilines is 1. The monoisotopic (exact) mass is 315 g/mol. The van der Waals surface area contributed by atoms with Crippen LogP contribution >= 0.6 is 46.4 Å². The molecule has 0 spiro atoms. The molecular formula is C9H5Cl4NO3. The van der Waals surface area contributed by atoms with Crippen LogP contribution in [-0.2, 0) is 4.79 Å². The summed E-state index contributed by atoms with van der Waals surface area (Å²) in [6.45, 7) is 0. The first-order valence-electron chi connectivity index (χ1n) is 4.13. The topological polar surface area (TPSA) is 66.4 Å². The average molecular weight is 317 g/mol. The van der Waals surface area contributed by atoms with Crippen molar-refractivity contribution in [1.82, 2.24) is 0 Å². The molecule has 0 aromatic heterocycles. The van der Waals surface area contributed by atoms with E-state index in [0.29, 0.717) is 0 Å². The lowest BCUT2D eigenvalue weighted by atomic mass is 10.2. The summed E-state index contributed by atoms with van der Waals surface area (Å²) in [4.78, 5) is 22.0. The zero-order valence-electron chi connectivity index (χ0n) is 8.01. The molecule has 2 N–H and O–H groups in total. The van der Waals surface area contributed by atoms with Gasteiger partial charge in [0.2, 0.25) is 0 Å². The maximum absolute atomic E-state index is 11.3. The minimum absolute atomic E-state index is 0.0281. The molecule has 0 fully saturated rings. The molecule has 17 heavy (non-hydrogen) atoms. The van der Waals surface area contributed by atoms with Gasteiger partial charge < -0.3 is 10.4 Å². The van der Waals surface area contributed by atoms with E-state index in [4.69, 9.17) is 51.5 Å². The summed E-state index contributed by atoms with van der Waals surface area (Å²) in [5.41, 5.74) is 0.148. The Hall–Kier alpha value is -0.680. The van der Waals surface area contributed by atoms with Crippen LogP contribution in [0.15, 0.2) is 18.2 Å². The van der Waals surface area contributed by atoms with Crippen molar-refractivity contribution in [1.29, 1.82) is 0 Å². The molecule has 0 aliphatic carbocycles. The normalized spacial score (nSPS) is 11.1. The van der Waals surface area contributed by atoms with E-state index in [1.54, 1.807) is 0 Å². The van der Waals surface area contributed by atoms with Gasteiger partial charge in [-0.15, -0.1) is 0 Å². The predicted molar refractivity (Wildman–Crippen MR) is 67.3 cm³/mol. The van der Waals surface area contributed by atoms with E-state index in [-0.39, 0.29) is 16.3 Å². The number of hydrogen-bond donors (Lipinski definition) is 2. The van der Waals surface area contributed by atoms with Gasteiger partial charge in [0.25, 0.3) is 9.70 Å². The molecule has 1 aromatic rings. The minimum Gasteiger partial charge on any atom is -0.478 e. The van der Waals surface area contributed by atoms with E-state index in [9.17, 15) is 9.59 Å². The molecule has 0 atom stereocenters. The molecule has 1 aromatic carbocycles. The molecule has 4 nitrogen and oxygen atoms in total. The number of nitrogens with one attached hydrogen (secondary N) is 1. The predicted octanol–water partition coefficient (Wildman–Crippen LogP) is 3.35. The van der Waals surface area contributed by atoms with Crippen molar-refractivity contribution in [2.45, 2.75) is 3.79 Å². The fourth-order valence-corrected chi connectivity index (χ4v) is 1.37. The molecule has 0 heterocycles. The van der Waals surface area contributed by atoms with Crippen LogP contribution in [0.3, 0.4) is 0 Å². The van der Waals surface area contributed by atoms with Crippen molar-refractivity contribution in [3.8, 4) is 0 Å². The summed E-state index contributed by atoms with van der Waals surface area (Å²) in [5.74, 6) is -2.03. The minimum atomic E-state index is -2.10. The number of aromatic carboxylic acids is 1. The second-order valence-electron chi connectivity index (χ2n) is 2.95.